The van der Waals surface area contributed by atoms with E-state index in [1.54, 1.807) is 0 Å². The standard InChI is InChI=1S/C34H60NO8P/c1-3-5-7-9-11-13-14-15-16-17-18-19-20-22-24-26-33(37)35-28-29-42-44(39,40)43-31-32(36)30-41-34(38)27-25-23-21-12-10-8-6-4-2/h5,7,11,13,15-16,18-19,32,36H,3-4,6,8-10,12,14,17,20-31H2,1-2H3,(H,35,37)(H,39,40)/b7-5-,13-11-,16-15-,19-18-. The molecular weight excluding hydrogens is 581 g/mol. The number of esters is 1. The number of amides is 1. The predicted molar refractivity (Wildman–Crippen MR) is 178 cm³/mol. The predicted octanol–water partition coefficient (Wildman–Crippen LogP) is 8.04. The van der Waals surface area contributed by atoms with E-state index >= 15 is 0 Å². The molecule has 0 spiro atoms. The Hall–Kier alpha value is -2.03. The third-order valence-electron chi connectivity index (χ3n) is 6.52. The van der Waals surface area contributed by atoms with Crippen molar-refractivity contribution in [3.8, 4) is 0 Å². The number of ether oxygens (including phenoxy) is 1. The third-order valence-corrected chi connectivity index (χ3v) is 7.51. The Labute approximate surface area is 266 Å². The molecule has 0 radical (unpaired) electrons. The molecule has 10 heteroatoms. The number of hydrogen-bond donors (Lipinski definition) is 3. The highest BCUT2D eigenvalue weighted by molar-refractivity contribution is 7.47. The van der Waals surface area contributed by atoms with Gasteiger partial charge in [0.05, 0.1) is 13.2 Å². The molecule has 0 saturated carbocycles. The van der Waals surface area contributed by atoms with Crippen molar-refractivity contribution in [1.82, 2.24) is 5.32 Å². The van der Waals surface area contributed by atoms with Crippen LogP contribution < -0.4 is 5.32 Å². The average Bonchev–Trinajstić information content (AvgIpc) is 3.00. The van der Waals surface area contributed by atoms with Crippen molar-refractivity contribution in [2.45, 2.75) is 129 Å². The van der Waals surface area contributed by atoms with Crippen molar-refractivity contribution in [2.75, 3.05) is 26.4 Å². The van der Waals surface area contributed by atoms with Crippen molar-refractivity contribution in [3.05, 3.63) is 48.6 Å². The molecule has 0 bridgehead atoms. The summed E-state index contributed by atoms with van der Waals surface area (Å²) in [6.45, 7) is 3.31. The van der Waals surface area contributed by atoms with Crippen LogP contribution in [0.25, 0.3) is 0 Å². The minimum Gasteiger partial charge on any atom is -0.463 e. The zero-order chi connectivity index (χ0) is 32.6. The molecule has 0 fully saturated rings. The van der Waals surface area contributed by atoms with E-state index in [2.05, 4.69) is 67.8 Å². The summed E-state index contributed by atoms with van der Waals surface area (Å²) in [5.41, 5.74) is 0. The minimum absolute atomic E-state index is 0.0581. The summed E-state index contributed by atoms with van der Waals surface area (Å²) in [5, 5.41) is 12.5. The fraction of sp³-hybridized carbons (Fsp3) is 0.706. The largest absolute Gasteiger partial charge is 0.472 e. The molecule has 2 atom stereocenters. The van der Waals surface area contributed by atoms with E-state index in [4.69, 9.17) is 13.8 Å². The van der Waals surface area contributed by atoms with Crippen LogP contribution in [0.5, 0.6) is 0 Å². The lowest BCUT2D eigenvalue weighted by Gasteiger charge is -2.15. The van der Waals surface area contributed by atoms with Crippen LogP contribution in [0.1, 0.15) is 123 Å². The van der Waals surface area contributed by atoms with Gasteiger partial charge in [0.25, 0.3) is 0 Å². The number of carbonyl (C=O) groups is 2. The highest BCUT2D eigenvalue weighted by Crippen LogP contribution is 2.42. The summed E-state index contributed by atoms with van der Waals surface area (Å²) in [4.78, 5) is 33.5. The van der Waals surface area contributed by atoms with Gasteiger partial charge in [-0.15, -0.1) is 0 Å². The van der Waals surface area contributed by atoms with Crippen molar-refractivity contribution in [3.63, 3.8) is 0 Å². The highest BCUT2D eigenvalue weighted by atomic mass is 31.2. The molecule has 0 aromatic carbocycles. The van der Waals surface area contributed by atoms with Gasteiger partial charge in [-0.3, -0.25) is 18.6 Å². The molecule has 254 valence electrons. The van der Waals surface area contributed by atoms with Gasteiger partial charge in [0.2, 0.25) is 5.91 Å². The maximum absolute atomic E-state index is 12.0. The van der Waals surface area contributed by atoms with Crippen LogP contribution in [0.15, 0.2) is 48.6 Å². The quantitative estimate of drug-likeness (QED) is 0.0311. The monoisotopic (exact) mass is 641 g/mol. The molecule has 2 unspecified atom stereocenters. The Kier molecular flexibility index (Phi) is 29.5. The first-order chi connectivity index (χ1) is 21.3. The number of nitrogens with one attached hydrogen (secondary N) is 1. The Morgan fingerprint density at radius 1 is 0.727 bits per heavy atom. The Morgan fingerprint density at radius 2 is 1.30 bits per heavy atom. The molecule has 0 aromatic rings. The Morgan fingerprint density at radius 3 is 1.93 bits per heavy atom. The Bertz CT molecular complexity index is 871. The number of phosphoric ester groups is 1. The zero-order valence-corrected chi connectivity index (χ0v) is 28.2. The van der Waals surface area contributed by atoms with Crippen LogP contribution in [0.4, 0.5) is 0 Å². The lowest BCUT2D eigenvalue weighted by Crippen LogP contribution is -2.27. The van der Waals surface area contributed by atoms with Crippen LogP contribution in [-0.2, 0) is 27.9 Å². The number of rotatable bonds is 30. The van der Waals surface area contributed by atoms with Crippen LogP contribution in [-0.4, -0.2) is 54.3 Å². The fourth-order valence-electron chi connectivity index (χ4n) is 4.02. The van der Waals surface area contributed by atoms with E-state index in [1.165, 1.54) is 32.1 Å². The number of unbranched alkanes of at least 4 members (excludes halogenated alkanes) is 9. The second kappa shape index (κ2) is 31.0. The summed E-state index contributed by atoms with van der Waals surface area (Å²) in [6, 6.07) is 0. The maximum atomic E-state index is 12.0. The minimum atomic E-state index is -4.41. The van der Waals surface area contributed by atoms with E-state index < -0.39 is 26.5 Å². The summed E-state index contributed by atoms with van der Waals surface area (Å²) in [5.74, 6) is -0.569. The van der Waals surface area contributed by atoms with Crippen LogP contribution in [0.2, 0.25) is 0 Å². The first-order valence-corrected chi connectivity index (χ1v) is 18.1. The molecule has 3 N–H and O–H groups in total. The third kappa shape index (κ3) is 31.4. The van der Waals surface area contributed by atoms with E-state index in [9.17, 15) is 24.2 Å². The summed E-state index contributed by atoms with van der Waals surface area (Å²) in [7, 11) is -4.41. The van der Waals surface area contributed by atoms with Gasteiger partial charge in [-0.2, -0.15) is 0 Å². The first-order valence-electron chi connectivity index (χ1n) is 16.6. The number of aliphatic hydroxyl groups is 1. The van der Waals surface area contributed by atoms with E-state index in [-0.39, 0.29) is 32.1 Å². The summed E-state index contributed by atoms with van der Waals surface area (Å²) in [6.07, 6.45) is 32.0. The lowest BCUT2D eigenvalue weighted by molar-refractivity contribution is -0.147. The van der Waals surface area contributed by atoms with Gasteiger partial charge in [0, 0.05) is 19.4 Å². The molecule has 1 amide bonds. The molecule has 44 heavy (non-hydrogen) atoms. The molecule has 9 nitrogen and oxygen atoms in total. The van der Waals surface area contributed by atoms with Gasteiger partial charge in [-0.05, 0) is 51.4 Å². The molecule has 0 saturated heterocycles. The smallest absolute Gasteiger partial charge is 0.463 e. The number of aliphatic hydroxyl groups excluding tert-OH is 1. The van der Waals surface area contributed by atoms with Crippen molar-refractivity contribution >= 4 is 19.7 Å². The summed E-state index contributed by atoms with van der Waals surface area (Å²) < 4.78 is 26.6. The number of carbonyl (C=O) groups excluding carboxylic acids is 2. The molecule has 0 aliphatic heterocycles. The number of hydrogen-bond acceptors (Lipinski definition) is 7. The summed E-state index contributed by atoms with van der Waals surface area (Å²) >= 11 is 0. The second-order valence-electron chi connectivity index (χ2n) is 10.8. The van der Waals surface area contributed by atoms with Gasteiger partial charge in [-0.25, -0.2) is 4.57 Å². The second-order valence-corrected chi connectivity index (χ2v) is 12.2. The SMILES string of the molecule is CC/C=C\C/C=C\C/C=C\C/C=C\CCCCC(=O)NCCOP(=O)(O)OCC(O)COC(=O)CCCCCCCCCC. The van der Waals surface area contributed by atoms with Gasteiger partial charge in [-0.1, -0.05) is 107 Å². The van der Waals surface area contributed by atoms with E-state index in [0.717, 1.165) is 64.2 Å². The molecule has 0 aromatic heterocycles. The van der Waals surface area contributed by atoms with Crippen molar-refractivity contribution in [2.24, 2.45) is 0 Å². The van der Waals surface area contributed by atoms with Crippen LogP contribution >= 0.6 is 7.82 Å². The first kappa shape index (κ1) is 42.0. The topological polar surface area (TPSA) is 131 Å². The molecular formula is C34H60NO8P. The fourth-order valence-corrected chi connectivity index (χ4v) is 4.77. The van der Waals surface area contributed by atoms with E-state index in [0.29, 0.717) is 6.42 Å². The van der Waals surface area contributed by atoms with Gasteiger partial charge < -0.3 is 20.1 Å². The van der Waals surface area contributed by atoms with Crippen LogP contribution in [0, 0.1) is 0 Å². The van der Waals surface area contributed by atoms with Crippen molar-refractivity contribution in [1.29, 1.82) is 0 Å². The average molecular weight is 642 g/mol. The number of phosphoric acid groups is 1. The van der Waals surface area contributed by atoms with Crippen LogP contribution in [0.3, 0.4) is 0 Å². The highest BCUT2D eigenvalue weighted by Gasteiger charge is 2.23. The van der Waals surface area contributed by atoms with Crippen molar-refractivity contribution < 1.29 is 37.9 Å². The normalized spacial score (nSPS) is 14.2. The van der Waals surface area contributed by atoms with Gasteiger partial charge >= 0.3 is 13.8 Å². The maximum Gasteiger partial charge on any atom is 0.472 e. The molecule has 0 heterocycles. The van der Waals surface area contributed by atoms with Gasteiger partial charge in [0.15, 0.2) is 0 Å². The lowest BCUT2D eigenvalue weighted by atomic mass is 10.1. The van der Waals surface area contributed by atoms with Gasteiger partial charge in [0.1, 0.15) is 12.7 Å². The molecule has 0 rings (SSSR count). The zero-order valence-electron chi connectivity index (χ0n) is 27.3. The molecule has 0 aliphatic carbocycles. The van der Waals surface area contributed by atoms with E-state index in [1.807, 2.05) is 0 Å². The molecule has 0 aliphatic rings. The Balaban J connectivity index is 3.73. The number of allylic oxidation sites excluding steroid dienone is 8.